The van der Waals surface area contributed by atoms with Gasteiger partial charge < -0.3 is 15.4 Å². The van der Waals surface area contributed by atoms with Gasteiger partial charge in [0.25, 0.3) is 5.91 Å². The van der Waals surface area contributed by atoms with E-state index in [1.807, 2.05) is 42.5 Å². The third-order valence-corrected chi connectivity index (χ3v) is 5.75. The molecule has 0 spiro atoms. The number of anilines is 1. The largest absolute Gasteiger partial charge is 0.497 e. The van der Waals surface area contributed by atoms with Crippen molar-refractivity contribution in [2.75, 3.05) is 12.0 Å². The van der Waals surface area contributed by atoms with E-state index in [4.69, 9.17) is 10.5 Å². The molecule has 2 aliphatic rings. The predicted molar refractivity (Wildman–Crippen MR) is 120 cm³/mol. The van der Waals surface area contributed by atoms with E-state index in [9.17, 15) is 9.59 Å². The van der Waals surface area contributed by atoms with Crippen LogP contribution in [0.15, 0.2) is 57.5 Å². The van der Waals surface area contributed by atoms with Crippen molar-refractivity contribution < 1.29 is 14.3 Å². The number of hydrogen-bond donors (Lipinski definition) is 1. The van der Waals surface area contributed by atoms with Gasteiger partial charge in [-0.1, -0.05) is 34.1 Å². The molecule has 1 aliphatic heterocycles. The van der Waals surface area contributed by atoms with Gasteiger partial charge >= 0.3 is 0 Å². The van der Waals surface area contributed by atoms with E-state index < -0.39 is 5.91 Å². The molecule has 0 atom stereocenters. The first kappa shape index (κ1) is 20.3. The second-order valence-electron chi connectivity index (χ2n) is 7.49. The van der Waals surface area contributed by atoms with Crippen LogP contribution in [0.2, 0.25) is 0 Å². The lowest BCUT2D eigenvalue weighted by Crippen LogP contribution is -2.30. The number of nitrogens with zero attached hydrogens (tertiary/aromatic N) is 2. The van der Waals surface area contributed by atoms with Crippen molar-refractivity contribution >= 4 is 45.3 Å². The molecule has 0 aromatic heterocycles. The number of fused-ring (bicyclic) bond motifs is 1. The monoisotopic (exact) mass is 467 g/mol. The number of amides is 2. The molecule has 1 saturated carbocycles. The normalized spacial score (nSPS) is 16.6. The number of aliphatic imine (C=N–C) groups is 1. The van der Waals surface area contributed by atoms with Crippen molar-refractivity contribution in [1.29, 1.82) is 0 Å². The smallest absolute Gasteiger partial charge is 0.275 e. The number of benzene rings is 2. The summed E-state index contributed by atoms with van der Waals surface area (Å²) >= 11 is 3.49. The molecule has 2 aromatic carbocycles. The van der Waals surface area contributed by atoms with Crippen LogP contribution in [0.3, 0.4) is 0 Å². The van der Waals surface area contributed by atoms with Crippen LogP contribution in [0.1, 0.15) is 30.4 Å². The van der Waals surface area contributed by atoms with E-state index in [0.717, 1.165) is 39.9 Å². The highest BCUT2D eigenvalue weighted by molar-refractivity contribution is 9.10. The molecule has 0 unspecified atom stereocenters. The van der Waals surface area contributed by atoms with Crippen LogP contribution in [0.25, 0.3) is 6.08 Å². The van der Waals surface area contributed by atoms with Gasteiger partial charge in [-0.25, -0.2) is 0 Å². The Morgan fingerprint density at radius 3 is 2.63 bits per heavy atom. The highest BCUT2D eigenvalue weighted by atomic mass is 79.9. The lowest BCUT2D eigenvalue weighted by Gasteiger charge is -2.23. The Morgan fingerprint density at radius 2 is 1.97 bits per heavy atom. The summed E-state index contributed by atoms with van der Waals surface area (Å²) in [6, 6.07) is 13.2. The number of ether oxygens (including phenoxy) is 1. The number of carbonyl (C=O) groups is 2. The summed E-state index contributed by atoms with van der Waals surface area (Å²) in [4.78, 5) is 31.6. The van der Waals surface area contributed by atoms with Gasteiger partial charge in [-0.05, 0) is 54.3 Å². The van der Waals surface area contributed by atoms with Crippen LogP contribution in [0.4, 0.5) is 5.69 Å². The summed E-state index contributed by atoms with van der Waals surface area (Å²) in [7, 11) is 1.61. The van der Waals surface area contributed by atoms with E-state index >= 15 is 0 Å². The van der Waals surface area contributed by atoms with Crippen LogP contribution in [-0.4, -0.2) is 24.8 Å². The Kier molecular flexibility index (Phi) is 5.72. The van der Waals surface area contributed by atoms with Crippen molar-refractivity contribution in [3.05, 3.63) is 63.6 Å². The van der Waals surface area contributed by atoms with Crippen molar-refractivity contribution in [3.63, 3.8) is 0 Å². The number of nitrogens with two attached hydrogens (primary N) is 1. The van der Waals surface area contributed by atoms with Crippen molar-refractivity contribution in [1.82, 2.24) is 0 Å². The van der Waals surface area contributed by atoms with Crippen LogP contribution in [0, 0.1) is 5.92 Å². The molecule has 0 saturated heterocycles. The van der Waals surface area contributed by atoms with Gasteiger partial charge in [-0.3, -0.25) is 9.59 Å². The van der Waals surface area contributed by atoms with E-state index in [-0.39, 0.29) is 18.2 Å². The van der Waals surface area contributed by atoms with Gasteiger partial charge in [0.15, 0.2) is 0 Å². The third kappa shape index (κ3) is 4.46. The van der Waals surface area contributed by atoms with E-state index in [1.165, 1.54) is 0 Å². The molecule has 1 fully saturated rings. The molecular weight excluding hydrogens is 446 g/mol. The highest BCUT2D eigenvalue weighted by Gasteiger charge is 2.29. The first-order valence-electron chi connectivity index (χ1n) is 9.76. The van der Waals surface area contributed by atoms with Crippen molar-refractivity contribution in [2.24, 2.45) is 16.6 Å². The molecular formula is C23H22BrN3O3. The molecule has 154 valence electrons. The zero-order chi connectivity index (χ0) is 21.3. The molecule has 2 amide bonds. The molecule has 4 rings (SSSR count). The lowest BCUT2D eigenvalue weighted by atomic mass is 10.1. The summed E-state index contributed by atoms with van der Waals surface area (Å²) in [5.74, 6) is 0.717. The first-order chi connectivity index (χ1) is 14.4. The molecule has 0 radical (unpaired) electrons. The molecule has 2 aromatic rings. The summed E-state index contributed by atoms with van der Waals surface area (Å²) < 4.78 is 6.06. The minimum Gasteiger partial charge on any atom is -0.497 e. The first-order valence-corrected chi connectivity index (χ1v) is 10.6. The number of hydrogen-bond acceptors (Lipinski definition) is 3. The van der Waals surface area contributed by atoms with Gasteiger partial charge in [0.05, 0.1) is 25.8 Å². The van der Waals surface area contributed by atoms with Gasteiger partial charge in [-0.15, -0.1) is 0 Å². The molecule has 6 nitrogen and oxygen atoms in total. The standard InChI is InChI=1S/C23H22BrN3O3/c1-30-19-8-2-14(3-9-19)13-27-20-12-18(24)7-6-16(20)10-17(11-21(27)28)23(29)26-22(25)15-4-5-15/h2-3,6-10,12,15H,4-5,11,13H2,1H3,(H2,25,26,29). The maximum absolute atomic E-state index is 13.2. The molecule has 30 heavy (non-hydrogen) atoms. The Morgan fingerprint density at radius 1 is 1.23 bits per heavy atom. The summed E-state index contributed by atoms with van der Waals surface area (Å²) in [5, 5.41) is 0. The predicted octanol–water partition coefficient (Wildman–Crippen LogP) is 4.07. The average Bonchev–Trinajstić information content (AvgIpc) is 3.58. The molecule has 0 bridgehead atoms. The van der Waals surface area contributed by atoms with Crippen LogP contribution in [-0.2, 0) is 16.1 Å². The Bertz CT molecular complexity index is 1060. The topological polar surface area (TPSA) is 85.0 Å². The number of rotatable bonds is 5. The Labute approximate surface area is 183 Å². The number of methoxy groups -OCH3 is 1. The van der Waals surface area contributed by atoms with Crippen molar-refractivity contribution in [2.45, 2.75) is 25.8 Å². The lowest BCUT2D eigenvalue weighted by molar-refractivity contribution is -0.120. The zero-order valence-corrected chi connectivity index (χ0v) is 18.2. The summed E-state index contributed by atoms with van der Waals surface area (Å²) in [6.07, 6.45) is 3.66. The fourth-order valence-corrected chi connectivity index (χ4v) is 3.74. The SMILES string of the molecule is COc1ccc(CN2C(=O)CC(C(=O)N=C(N)C3CC3)=Cc3ccc(Br)cc32)cc1. The van der Waals surface area contributed by atoms with Gasteiger partial charge in [0.2, 0.25) is 5.91 Å². The maximum Gasteiger partial charge on any atom is 0.275 e. The van der Waals surface area contributed by atoms with Crippen LogP contribution in [0.5, 0.6) is 5.75 Å². The molecule has 7 heteroatoms. The number of amidine groups is 1. The fraction of sp³-hybridized carbons (Fsp3) is 0.261. The quantitative estimate of drug-likeness (QED) is 0.530. The summed E-state index contributed by atoms with van der Waals surface area (Å²) in [6.45, 7) is 0.384. The second kappa shape index (κ2) is 8.44. The van der Waals surface area contributed by atoms with Gasteiger partial charge in [0, 0.05) is 16.0 Å². The Hall–Kier alpha value is -2.93. The Balaban J connectivity index is 1.66. The number of halogens is 1. The maximum atomic E-state index is 13.2. The number of carbonyl (C=O) groups excluding carboxylic acids is 2. The average molecular weight is 468 g/mol. The second-order valence-corrected chi connectivity index (χ2v) is 8.41. The minimum atomic E-state index is -0.437. The fourth-order valence-electron chi connectivity index (χ4n) is 3.39. The molecule has 1 aliphatic carbocycles. The minimum absolute atomic E-state index is 0.0251. The zero-order valence-electron chi connectivity index (χ0n) is 16.6. The highest BCUT2D eigenvalue weighted by Crippen LogP contribution is 2.33. The van der Waals surface area contributed by atoms with E-state index in [2.05, 4.69) is 20.9 Å². The molecule has 2 N–H and O–H groups in total. The van der Waals surface area contributed by atoms with Crippen molar-refractivity contribution in [3.8, 4) is 5.75 Å². The third-order valence-electron chi connectivity index (χ3n) is 5.26. The summed E-state index contributed by atoms with van der Waals surface area (Å²) in [5.41, 5.74) is 8.76. The van der Waals surface area contributed by atoms with Crippen LogP contribution >= 0.6 is 15.9 Å². The van der Waals surface area contributed by atoms with Crippen LogP contribution < -0.4 is 15.4 Å². The van der Waals surface area contributed by atoms with E-state index in [0.29, 0.717) is 18.0 Å². The van der Waals surface area contributed by atoms with Gasteiger partial charge in [-0.2, -0.15) is 4.99 Å². The van der Waals surface area contributed by atoms with Gasteiger partial charge in [0.1, 0.15) is 11.6 Å². The van der Waals surface area contributed by atoms with E-state index in [1.54, 1.807) is 18.1 Å². The molecule has 1 heterocycles.